The Morgan fingerprint density at radius 3 is 2.57 bits per heavy atom. The van der Waals surface area contributed by atoms with E-state index >= 15 is 0 Å². The molecular formula is C19H15ClFN5O3S. The van der Waals surface area contributed by atoms with Crippen molar-refractivity contribution in [2.24, 2.45) is 7.05 Å². The van der Waals surface area contributed by atoms with Gasteiger partial charge in [-0.05, 0) is 42.5 Å². The first-order valence-corrected chi connectivity index (χ1v) is 10.5. The van der Waals surface area contributed by atoms with Crippen LogP contribution in [-0.2, 0) is 17.1 Å². The molecule has 2 aromatic heterocycles. The largest absolute Gasteiger partial charge is 0.340 e. The highest BCUT2D eigenvalue weighted by Gasteiger charge is 2.18. The van der Waals surface area contributed by atoms with E-state index in [-0.39, 0.29) is 21.4 Å². The number of halogens is 2. The van der Waals surface area contributed by atoms with Crippen molar-refractivity contribution in [3.8, 4) is 0 Å². The molecule has 0 spiro atoms. The fourth-order valence-electron chi connectivity index (χ4n) is 3.00. The molecule has 2 heterocycles. The predicted molar refractivity (Wildman–Crippen MR) is 112 cm³/mol. The molecule has 4 aromatic rings. The van der Waals surface area contributed by atoms with Gasteiger partial charge >= 0.3 is 0 Å². The summed E-state index contributed by atoms with van der Waals surface area (Å²) < 4.78 is 42.4. The summed E-state index contributed by atoms with van der Waals surface area (Å²) in [5, 5.41) is 9.25. The Hall–Kier alpha value is -3.37. The van der Waals surface area contributed by atoms with E-state index in [0.717, 1.165) is 0 Å². The third-order valence-corrected chi connectivity index (χ3v) is 6.28. The van der Waals surface area contributed by atoms with Gasteiger partial charge in [-0.1, -0.05) is 11.6 Å². The van der Waals surface area contributed by atoms with Gasteiger partial charge < -0.3 is 9.88 Å². The second-order valence-electron chi connectivity index (χ2n) is 6.44. The highest BCUT2D eigenvalue weighted by Crippen LogP contribution is 2.29. The molecule has 0 saturated carbocycles. The Balaban J connectivity index is 1.55. The van der Waals surface area contributed by atoms with Crippen LogP contribution in [0.25, 0.3) is 10.9 Å². The van der Waals surface area contributed by atoms with Crippen molar-refractivity contribution in [3.05, 3.63) is 71.3 Å². The number of carbonyl (C=O) groups excluding carboxylic acids is 1. The maximum absolute atomic E-state index is 13.7. The van der Waals surface area contributed by atoms with Crippen molar-refractivity contribution >= 4 is 49.9 Å². The number of sulfonamides is 1. The van der Waals surface area contributed by atoms with Gasteiger partial charge in [0.2, 0.25) is 0 Å². The van der Waals surface area contributed by atoms with E-state index in [9.17, 15) is 17.6 Å². The molecule has 0 bridgehead atoms. The molecule has 4 rings (SSSR count). The quantitative estimate of drug-likeness (QED) is 0.433. The SMILES string of the molecule is Cn1c(C(=O)Nc2ccc(S(=O)(=O)Nc3ccn[nH]3)cc2)cc2c(Cl)c(F)ccc21. The molecule has 0 radical (unpaired) electrons. The van der Waals surface area contributed by atoms with Crippen molar-refractivity contribution in [3.63, 3.8) is 0 Å². The first kappa shape index (κ1) is 19.9. The lowest BCUT2D eigenvalue weighted by atomic mass is 10.2. The molecule has 0 aliphatic heterocycles. The highest BCUT2D eigenvalue weighted by molar-refractivity contribution is 7.92. The van der Waals surface area contributed by atoms with E-state index in [1.165, 1.54) is 48.7 Å². The standard InChI is InChI=1S/C19H15ClFN5O3S/c1-26-15-7-6-14(21)18(20)13(15)10-16(26)19(27)23-11-2-4-12(5-3-11)30(28,29)25-17-8-9-22-24-17/h2-10H,1H3,(H,23,27)(H2,22,24,25). The Bertz CT molecular complexity index is 1350. The second kappa shape index (κ2) is 7.47. The van der Waals surface area contributed by atoms with Crippen LogP contribution in [0.4, 0.5) is 15.9 Å². The average molecular weight is 448 g/mol. The molecule has 0 saturated heterocycles. The van der Waals surface area contributed by atoms with Crippen molar-refractivity contribution in [2.75, 3.05) is 10.0 Å². The zero-order valence-corrected chi connectivity index (χ0v) is 17.1. The van der Waals surface area contributed by atoms with Crippen LogP contribution in [0.15, 0.2) is 59.6 Å². The minimum atomic E-state index is -3.80. The Morgan fingerprint density at radius 2 is 1.90 bits per heavy atom. The van der Waals surface area contributed by atoms with Crippen LogP contribution in [0.3, 0.4) is 0 Å². The van der Waals surface area contributed by atoms with E-state index in [4.69, 9.17) is 11.6 Å². The molecule has 0 fully saturated rings. The van der Waals surface area contributed by atoms with Gasteiger partial charge in [0.05, 0.1) is 21.6 Å². The van der Waals surface area contributed by atoms with E-state index in [1.54, 1.807) is 17.7 Å². The van der Waals surface area contributed by atoms with Crippen LogP contribution >= 0.6 is 11.6 Å². The molecule has 0 atom stereocenters. The molecule has 1 amide bonds. The third-order valence-electron chi connectivity index (χ3n) is 4.51. The average Bonchev–Trinajstić information content (AvgIpc) is 3.33. The molecule has 154 valence electrons. The number of fused-ring (bicyclic) bond motifs is 1. The first-order chi connectivity index (χ1) is 14.3. The normalized spacial score (nSPS) is 11.6. The topological polar surface area (TPSA) is 109 Å². The van der Waals surface area contributed by atoms with Crippen LogP contribution in [0.2, 0.25) is 5.02 Å². The van der Waals surface area contributed by atoms with Crippen molar-refractivity contribution < 1.29 is 17.6 Å². The fraction of sp³-hybridized carbons (Fsp3) is 0.0526. The number of aromatic nitrogens is 3. The van der Waals surface area contributed by atoms with Crippen molar-refractivity contribution in [2.45, 2.75) is 4.90 Å². The van der Waals surface area contributed by atoms with E-state index in [0.29, 0.717) is 16.6 Å². The lowest BCUT2D eigenvalue weighted by Gasteiger charge is -2.09. The Labute approximate surface area is 175 Å². The summed E-state index contributed by atoms with van der Waals surface area (Å²) in [6.45, 7) is 0. The highest BCUT2D eigenvalue weighted by atomic mass is 35.5. The number of H-pyrrole nitrogens is 1. The van der Waals surface area contributed by atoms with Gasteiger partial charge in [-0.3, -0.25) is 14.6 Å². The number of amides is 1. The molecular weight excluding hydrogens is 433 g/mol. The predicted octanol–water partition coefficient (Wildman–Crippen LogP) is 3.75. The lowest BCUT2D eigenvalue weighted by molar-refractivity contribution is 0.101. The molecule has 11 heteroatoms. The summed E-state index contributed by atoms with van der Waals surface area (Å²) in [6, 6.07) is 11.4. The van der Waals surface area contributed by atoms with Crippen LogP contribution < -0.4 is 10.0 Å². The maximum atomic E-state index is 13.7. The van der Waals surface area contributed by atoms with Gasteiger partial charge in [0.25, 0.3) is 15.9 Å². The minimum absolute atomic E-state index is 0.0157. The number of aromatic amines is 1. The van der Waals surface area contributed by atoms with Crippen molar-refractivity contribution in [1.29, 1.82) is 0 Å². The minimum Gasteiger partial charge on any atom is -0.340 e. The van der Waals surface area contributed by atoms with Crippen LogP contribution in [0.1, 0.15) is 10.5 Å². The van der Waals surface area contributed by atoms with E-state index < -0.39 is 21.7 Å². The number of aryl methyl sites for hydroxylation is 1. The molecule has 0 unspecified atom stereocenters. The molecule has 2 aromatic carbocycles. The van der Waals surface area contributed by atoms with Crippen molar-refractivity contribution in [1.82, 2.24) is 14.8 Å². The van der Waals surface area contributed by atoms with E-state index in [2.05, 4.69) is 20.2 Å². The summed E-state index contributed by atoms with van der Waals surface area (Å²) >= 11 is 6.00. The third kappa shape index (κ3) is 3.62. The first-order valence-electron chi connectivity index (χ1n) is 8.63. The van der Waals surface area contributed by atoms with Gasteiger partial charge in [-0.15, -0.1) is 0 Å². The summed E-state index contributed by atoms with van der Waals surface area (Å²) in [5.74, 6) is -0.781. The lowest BCUT2D eigenvalue weighted by Crippen LogP contribution is -2.16. The van der Waals surface area contributed by atoms with Gasteiger partial charge in [0.15, 0.2) is 0 Å². The number of nitrogens with one attached hydrogen (secondary N) is 3. The van der Waals surface area contributed by atoms with Crippen LogP contribution in [0.5, 0.6) is 0 Å². The summed E-state index contributed by atoms with van der Waals surface area (Å²) in [5.41, 5.74) is 1.27. The fourth-order valence-corrected chi connectivity index (χ4v) is 4.23. The number of hydrogen-bond donors (Lipinski definition) is 3. The number of carbonyl (C=O) groups is 1. The zero-order chi connectivity index (χ0) is 21.5. The number of anilines is 2. The van der Waals surface area contributed by atoms with Gasteiger partial charge in [0.1, 0.15) is 17.3 Å². The smallest absolute Gasteiger partial charge is 0.272 e. The maximum Gasteiger partial charge on any atom is 0.272 e. The summed E-state index contributed by atoms with van der Waals surface area (Å²) in [6.07, 6.45) is 1.42. The van der Waals surface area contributed by atoms with Gasteiger partial charge in [0, 0.05) is 24.2 Å². The molecule has 8 nitrogen and oxygen atoms in total. The van der Waals surface area contributed by atoms with Crippen LogP contribution in [0, 0.1) is 5.82 Å². The number of hydrogen-bond acceptors (Lipinski definition) is 4. The Kier molecular flexibility index (Phi) is 4.96. The molecule has 0 aliphatic carbocycles. The van der Waals surface area contributed by atoms with Gasteiger partial charge in [-0.25, -0.2) is 12.8 Å². The number of rotatable bonds is 5. The molecule has 0 aliphatic rings. The van der Waals surface area contributed by atoms with E-state index in [1.807, 2.05) is 0 Å². The molecule has 30 heavy (non-hydrogen) atoms. The summed E-state index contributed by atoms with van der Waals surface area (Å²) in [7, 11) is -2.13. The molecule has 3 N–H and O–H groups in total. The monoisotopic (exact) mass is 447 g/mol. The Morgan fingerprint density at radius 1 is 1.17 bits per heavy atom. The van der Waals surface area contributed by atoms with Gasteiger partial charge in [-0.2, -0.15) is 5.10 Å². The van der Waals surface area contributed by atoms with Crippen LogP contribution in [-0.4, -0.2) is 29.1 Å². The second-order valence-corrected chi connectivity index (χ2v) is 8.50. The number of nitrogens with zero attached hydrogens (tertiary/aromatic N) is 2. The zero-order valence-electron chi connectivity index (χ0n) is 15.5. The summed E-state index contributed by atoms with van der Waals surface area (Å²) in [4.78, 5) is 12.7. The number of benzene rings is 2.